The Kier molecular flexibility index (Phi) is 8.49. The molecule has 10 heteroatoms. The molecule has 1 aliphatic heterocycles. The quantitative estimate of drug-likeness (QED) is 0.400. The molecule has 0 bridgehead atoms. The number of guanidine groups is 1. The summed E-state index contributed by atoms with van der Waals surface area (Å²) in [5.41, 5.74) is 0. The van der Waals surface area contributed by atoms with Gasteiger partial charge in [0.05, 0.1) is 16.5 Å². The lowest BCUT2D eigenvalue weighted by atomic mass is 10.2. The Morgan fingerprint density at radius 3 is 2.81 bits per heavy atom. The number of aryl methyl sites for hydroxylation is 1. The van der Waals surface area contributed by atoms with Crippen LogP contribution in [0.5, 0.6) is 0 Å². The van der Waals surface area contributed by atoms with Crippen molar-refractivity contribution < 1.29 is 13.2 Å². The lowest BCUT2D eigenvalue weighted by Gasteiger charge is -2.13. The Bertz CT molecular complexity index is 746. The number of aromatic nitrogens is 1. The summed E-state index contributed by atoms with van der Waals surface area (Å²) in [6, 6.07) is -0.254. The van der Waals surface area contributed by atoms with E-state index in [1.165, 1.54) is 4.88 Å². The maximum absolute atomic E-state index is 12.0. The fraction of sp³-hybridized carbons (Fsp3) is 0.706. The van der Waals surface area contributed by atoms with Crippen LogP contribution in [0.1, 0.15) is 36.6 Å². The van der Waals surface area contributed by atoms with E-state index >= 15 is 0 Å². The van der Waals surface area contributed by atoms with Crippen LogP contribution >= 0.6 is 11.3 Å². The number of nitrogens with one attached hydrogen (secondary N) is 3. The Hall–Kier alpha value is -1.68. The second-order valence-corrected chi connectivity index (χ2v) is 9.86. The van der Waals surface area contributed by atoms with Crippen LogP contribution in [0.25, 0.3) is 0 Å². The zero-order valence-electron chi connectivity index (χ0n) is 16.0. The van der Waals surface area contributed by atoms with Crippen LogP contribution < -0.4 is 16.0 Å². The molecule has 2 rings (SSSR count). The van der Waals surface area contributed by atoms with Gasteiger partial charge in [-0.3, -0.25) is 9.79 Å². The molecule has 1 atom stereocenters. The molecule has 1 aromatic rings. The summed E-state index contributed by atoms with van der Waals surface area (Å²) in [5, 5.41) is 10.2. The van der Waals surface area contributed by atoms with Gasteiger partial charge >= 0.3 is 0 Å². The monoisotopic (exact) mass is 415 g/mol. The molecule has 152 valence electrons. The van der Waals surface area contributed by atoms with E-state index in [1.807, 2.05) is 13.1 Å². The molecule has 8 nitrogen and oxygen atoms in total. The predicted molar refractivity (Wildman–Crippen MR) is 109 cm³/mol. The number of aliphatic imine (C=N–C) groups is 1. The summed E-state index contributed by atoms with van der Waals surface area (Å²) >= 11 is 1.72. The first-order valence-electron chi connectivity index (χ1n) is 9.37. The van der Waals surface area contributed by atoms with Gasteiger partial charge in [-0.15, -0.1) is 11.3 Å². The fourth-order valence-corrected chi connectivity index (χ4v) is 5.26. The van der Waals surface area contributed by atoms with Gasteiger partial charge in [0.2, 0.25) is 5.91 Å². The number of carbonyl (C=O) groups is 1. The van der Waals surface area contributed by atoms with Crippen molar-refractivity contribution in [3.63, 3.8) is 0 Å². The second-order valence-electron chi connectivity index (χ2n) is 6.43. The topological polar surface area (TPSA) is 113 Å². The number of hydrogen-bond donors (Lipinski definition) is 3. The summed E-state index contributed by atoms with van der Waals surface area (Å²) in [5.74, 6) is 0.732. The smallest absolute Gasteiger partial charge is 0.222 e. The zero-order chi connectivity index (χ0) is 19.7. The third-order valence-corrected chi connectivity index (χ3v) is 7.10. The third kappa shape index (κ3) is 7.84. The molecule has 0 saturated carbocycles. The maximum Gasteiger partial charge on any atom is 0.222 e. The van der Waals surface area contributed by atoms with Crippen LogP contribution in [-0.2, 0) is 27.5 Å². The van der Waals surface area contributed by atoms with Crippen molar-refractivity contribution in [1.29, 1.82) is 0 Å². The highest BCUT2D eigenvalue weighted by molar-refractivity contribution is 7.91. The van der Waals surface area contributed by atoms with Crippen molar-refractivity contribution >= 4 is 33.0 Å². The van der Waals surface area contributed by atoms with E-state index in [9.17, 15) is 13.2 Å². The second kappa shape index (κ2) is 10.6. The fourth-order valence-electron chi connectivity index (χ4n) is 2.74. The highest BCUT2D eigenvalue weighted by Crippen LogP contribution is 2.13. The normalized spacial score (nSPS) is 19.0. The molecular formula is C17H29N5O3S2. The Morgan fingerprint density at radius 1 is 1.37 bits per heavy atom. The van der Waals surface area contributed by atoms with Gasteiger partial charge in [-0.05, 0) is 19.8 Å². The molecule has 0 radical (unpaired) electrons. The highest BCUT2D eigenvalue weighted by atomic mass is 32.2. The molecule has 1 saturated heterocycles. The van der Waals surface area contributed by atoms with E-state index in [4.69, 9.17) is 0 Å². The zero-order valence-corrected chi connectivity index (χ0v) is 17.6. The van der Waals surface area contributed by atoms with Gasteiger partial charge in [0, 0.05) is 49.6 Å². The van der Waals surface area contributed by atoms with E-state index in [2.05, 4.69) is 32.9 Å². The lowest BCUT2D eigenvalue weighted by Crippen LogP contribution is -2.41. The van der Waals surface area contributed by atoms with Crippen molar-refractivity contribution in [2.45, 2.75) is 45.6 Å². The van der Waals surface area contributed by atoms with Crippen molar-refractivity contribution in [2.75, 3.05) is 31.1 Å². The third-order valence-electron chi connectivity index (χ3n) is 4.13. The Morgan fingerprint density at radius 2 is 2.19 bits per heavy atom. The minimum Gasteiger partial charge on any atom is -0.357 e. The van der Waals surface area contributed by atoms with Crippen molar-refractivity contribution in [2.24, 2.45) is 4.99 Å². The predicted octanol–water partition coefficient (Wildman–Crippen LogP) is 0.497. The molecule has 1 aromatic heterocycles. The van der Waals surface area contributed by atoms with Gasteiger partial charge in [0.1, 0.15) is 0 Å². The van der Waals surface area contributed by atoms with Gasteiger partial charge in [-0.2, -0.15) is 0 Å². The summed E-state index contributed by atoms with van der Waals surface area (Å²) in [6.07, 6.45) is 4.48. The van der Waals surface area contributed by atoms with Crippen LogP contribution in [0.3, 0.4) is 0 Å². The summed E-state index contributed by atoms with van der Waals surface area (Å²) < 4.78 is 22.9. The number of carbonyl (C=O) groups excluding carboxylic acids is 1. The first kappa shape index (κ1) is 21.6. The van der Waals surface area contributed by atoms with Crippen molar-refractivity contribution in [3.8, 4) is 0 Å². The van der Waals surface area contributed by atoms with Crippen LogP contribution in [-0.4, -0.2) is 62.5 Å². The van der Waals surface area contributed by atoms with Gasteiger partial charge in [0.25, 0.3) is 0 Å². The standard InChI is InChI=1S/C17H29N5O3S2/c1-3-14-11-21-16(26-14)6-9-20-17(18-4-2)19-8-5-15(23)22-13-7-10-27(24,25)12-13/h11,13H,3-10,12H2,1-2H3,(H,22,23)(H2,18,19,20). The molecule has 1 fully saturated rings. The summed E-state index contributed by atoms with van der Waals surface area (Å²) in [7, 11) is -2.98. The van der Waals surface area contributed by atoms with Crippen molar-refractivity contribution in [1.82, 2.24) is 20.9 Å². The minimum absolute atomic E-state index is 0.0484. The molecule has 1 amide bonds. The molecule has 27 heavy (non-hydrogen) atoms. The largest absolute Gasteiger partial charge is 0.357 e. The van der Waals surface area contributed by atoms with Gasteiger partial charge in [0.15, 0.2) is 15.8 Å². The molecule has 2 heterocycles. The Labute approximate surface area is 165 Å². The van der Waals surface area contributed by atoms with Gasteiger partial charge in [-0.1, -0.05) is 6.92 Å². The number of rotatable bonds is 9. The molecule has 3 N–H and O–H groups in total. The first-order valence-corrected chi connectivity index (χ1v) is 12.0. The van der Waals surface area contributed by atoms with E-state index in [0.29, 0.717) is 25.5 Å². The summed E-state index contributed by atoms with van der Waals surface area (Å²) in [6.45, 7) is 5.89. The number of nitrogens with zero attached hydrogens (tertiary/aromatic N) is 2. The van der Waals surface area contributed by atoms with Crippen molar-refractivity contribution in [3.05, 3.63) is 16.1 Å². The van der Waals surface area contributed by atoms with Crippen LogP contribution in [0.15, 0.2) is 11.2 Å². The van der Waals surface area contributed by atoms with Gasteiger partial charge < -0.3 is 16.0 Å². The Balaban J connectivity index is 1.70. The van der Waals surface area contributed by atoms with Crippen LogP contribution in [0, 0.1) is 0 Å². The molecule has 0 aliphatic carbocycles. The minimum atomic E-state index is -2.98. The molecule has 0 spiro atoms. The molecule has 1 aliphatic rings. The average Bonchev–Trinajstić information content (AvgIpc) is 3.20. The average molecular weight is 416 g/mol. The van der Waals surface area contributed by atoms with E-state index in [1.54, 1.807) is 11.3 Å². The van der Waals surface area contributed by atoms with Crippen LogP contribution in [0.4, 0.5) is 0 Å². The maximum atomic E-state index is 12.0. The molecular weight excluding hydrogens is 386 g/mol. The van der Waals surface area contributed by atoms with Gasteiger partial charge in [-0.25, -0.2) is 13.4 Å². The van der Waals surface area contributed by atoms with Crippen LogP contribution in [0.2, 0.25) is 0 Å². The number of thiazole rings is 1. The van der Waals surface area contributed by atoms with E-state index in [0.717, 1.165) is 24.4 Å². The number of amides is 1. The summed E-state index contributed by atoms with van der Waals surface area (Å²) in [4.78, 5) is 22.1. The SMILES string of the molecule is CCNC(=NCCc1ncc(CC)s1)NCCC(=O)NC1CCS(=O)(=O)C1. The molecule has 1 unspecified atom stereocenters. The number of hydrogen-bond acceptors (Lipinski definition) is 6. The lowest BCUT2D eigenvalue weighted by molar-refractivity contribution is -0.121. The highest BCUT2D eigenvalue weighted by Gasteiger charge is 2.28. The molecule has 0 aromatic carbocycles. The van der Waals surface area contributed by atoms with E-state index in [-0.39, 0.29) is 29.9 Å². The van der Waals surface area contributed by atoms with E-state index < -0.39 is 9.84 Å². The first-order chi connectivity index (χ1) is 12.9. The number of sulfone groups is 1.